The van der Waals surface area contributed by atoms with E-state index in [2.05, 4.69) is 15.6 Å². The number of furan rings is 1. The molecule has 1 aromatic carbocycles. The van der Waals surface area contributed by atoms with Crippen LogP contribution in [0.4, 0.5) is 0 Å². The molecule has 3 rings (SSSR count). The number of nitrogens with zero attached hydrogens (tertiary/aromatic N) is 2. The van der Waals surface area contributed by atoms with Crippen molar-refractivity contribution in [2.75, 3.05) is 6.54 Å². The van der Waals surface area contributed by atoms with Gasteiger partial charge in [-0.15, -0.1) is 0 Å². The van der Waals surface area contributed by atoms with E-state index in [1.807, 2.05) is 13.0 Å². The second kappa shape index (κ2) is 8.15. The molecule has 0 aliphatic carbocycles. The highest BCUT2D eigenvalue weighted by atomic mass is 16.3. The number of rotatable bonds is 5. The summed E-state index contributed by atoms with van der Waals surface area (Å²) in [5, 5.41) is 14.9. The molecule has 2 N–H and O–H groups in total. The summed E-state index contributed by atoms with van der Waals surface area (Å²) < 4.78 is 5.09. The van der Waals surface area contributed by atoms with Gasteiger partial charge in [0.25, 0.3) is 11.8 Å². The quantitative estimate of drug-likeness (QED) is 0.484. The topological polar surface area (TPSA) is 107 Å². The summed E-state index contributed by atoms with van der Waals surface area (Å²) in [6.45, 7) is 2.50. The van der Waals surface area contributed by atoms with Crippen LogP contribution < -0.4 is 10.6 Å². The fourth-order valence-corrected chi connectivity index (χ4v) is 2.67. The third-order valence-corrected chi connectivity index (χ3v) is 4.03. The van der Waals surface area contributed by atoms with Crippen LogP contribution in [-0.2, 0) is 4.79 Å². The molecule has 0 saturated carbocycles. The Kier molecular flexibility index (Phi) is 5.47. The second-order valence-electron chi connectivity index (χ2n) is 5.88. The molecule has 0 saturated heterocycles. The maximum Gasteiger partial charge on any atom is 0.292 e. The van der Waals surface area contributed by atoms with E-state index >= 15 is 0 Å². The number of carbonyl (C=O) groups excluding carboxylic acids is 2. The van der Waals surface area contributed by atoms with E-state index in [1.165, 1.54) is 12.3 Å². The molecule has 27 heavy (non-hydrogen) atoms. The predicted molar refractivity (Wildman–Crippen MR) is 99.6 cm³/mol. The van der Waals surface area contributed by atoms with Crippen molar-refractivity contribution in [3.63, 3.8) is 0 Å². The van der Waals surface area contributed by atoms with Gasteiger partial charge in [0, 0.05) is 17.7 Å². The Hall–Kier alpha value is -3.66. The molecule has 1 aliphatic rings. The number of hydrogen-bond donors (Lipinski definition) is 2. The van der Waals surface area contributed by atoms with E-state index in [0.717, 1.165) is 12.8 Å². The highest BCUT2D eigenvalue weighted by Gasteiger charge is 2.27. The third kappa shape index (κ3) is 3.80. The Morgan fingerprint density at radius 3 is 2.63 bits per heavy atom. The lowest BCUT2D eigenvalue weighted by Crippen LogP contribution is -2.30. The lowest BCUT2D eigenvalue weighted by molar-refractivity contribution is -0.117. The van der Waals surface area contributed by atoms with Crippen LogP contribution in [0, 0.1) is 11.3 Å². The van der Waals surface area contributed by atoms with Gasteiger partial charge < -0.3 is 15.1 Å². The fourth-order valence-electron chi connectivity index (χ4n) is 2.67. The van der Waals surface area contributed by atoms with Crippen LogP contribution in [0.15, 0.2) is 57.6 Å². The van der Waals surface area contributed by atoms with E-state index in [1.54, 1.807) is 30.3 Å². The molecule has 7 heteroatoms. The van der Waals surface area contributed by atoms with Crippen LogP contribution in [-0.4, -0.2) is 24.2 Å². The molecule has 1 aromatic heterocycles. The van der Waals surface area contributed by atoms with Crippen molar-refractivity contribution in [1.82, 2.24) is 10.6 Å². The summed E-state index contributed by atoms with van der Waals surface area (Å²) in [4.78, 5) is 29.0. The number of nitrogens with one attached hydrogen (secondary N) is 2. The summed E-state index contributed by atoms with van der Waals surface area (Å²) in [7, 11) is 0. The molecule has 0 spiro atoms. The average molecular weight is 362 g/mol. The SMILES string of the molecule is CCCCNC(=O)/C(C#N)=C1\N=C(NC(=O)c2ccco2)c2ccccc21. The average Bonchev–Trinajstić information content (AvgIpc) is 3.32. The zero-order valence-electron chi connectivity index (χ0n) is 14.8. The molecule has 0 bridgehead atoms. The lowest BCUT2D eigenvalue weighted by atomic mass is 10.0. The summed E-state index contributed by atoms with van der Waals surface area (Å²) in [6.07, 6.45) is 3.16. The van der Waals surface area contributed by atoms with Gasteiger partial charge >= 0.3 is 0 Å². The van der Waals surface area contributed by atoms with Gasteiger partial charge in [0.1, 0.15) is 17.5 Å². The van der Waals surface area contributed by atoms with Crippen LogP contribution in [0.5, 0.6) is 0 Å². The van der Waals surface area contributed by atoms with Gasteiger partial charge in [-0.2, -0.15) is 5.26 Å². The maximum atomic E-state index is 12.4. The summed E-state index contributed by atoms with van der Waals surface area (Å²) in [5.41, 5.74) is 1.42. The minimum Gasteiger partial charge on any atom is -0.459 e. The highest BCUT2D eigenvalue weighted by molar-refractivity contribution is 6.20. The minimum atomic E-state index is -0.474. The molecule has 0 radical (unpaired) electrons. The molecule has 0 atom stereocenters. The molecule has 1 aliphatic heterocycles. The number of carbonyl (C=O) groups is 2. The van der Waals surface area contributed by atoms with Crippen LogP contribution in [0.25, 0.3) is 5.70 Å². The normalized spacial score (nSPS) is 14.0. The number of nitriles is 1. The summed E-state index contributed by atoms with van der Waals surface area (Å²) in [5.74, 6) is -0.514. The second-order valence-corrected chi connectivity index (χ2v) is 5.88. The number of aliphatic imine (C=N–C) groups is 1. The smallest absolute Gasteiger partial charge is 0.292 e. The zero-order chi connectivity index (χ0) is 19.2. The van der Waals surface area contributed by atoms with Gasteiger partial charge in [0.2, 0.25) is 0 Å². The van der Waals surface area contributed by atoms with Crippen molar-refractivity contribution in [2.45, 2.75) is 19.8 Å². The zero-order valence-corrected chi connectivity index (χ0v) is 14.8. The first kappa shape index (κ1) is 18.1. The highest BCUT2D eigenvalue weighted by Crippen LogP contribution is 2.30. The molecule has 136 valence electrons. The Morgan fingerprint density at radius 2 is 1.96 bits per heavy atom. The fraction of sp³-hybridized carbons (Fsp3) is 0.200. The van der Waals surface area contributed by atoms with Crippen molar-refractivity contribution in [1.29, 1.82) is 5.26 Å². The standard InChI is InChI=1S/C20H18N4O3/c1-2-3-10-22-19(25)15(12-21)17-13-7-4-5-8-14(13)18(23-17)24-20(26)16-9-6-11-27-16/h4-9,11H,2-3,10H2,1H3,(H,22,25)(H,23,24,26)/b17-15-. The maximum absolute atomic E-state index is 12.4. The van der Waals surface area contributed by atoms with Crippen LogP contribution in [0.2, 0.25) is 0 Å². The van der Waals surface area contributed by atoms with Gasteiger partial charge in [-0.3, -0.25) is 9.59 Å². The van der Waals surface area contributed by atoms with Gasteiger partial charge in [0.05, 0.1) is 12.0 Å². The molecule has 7 nitrogen and oxygen atoms in total. The van der Waals surface area contributed by atoms with Crippen molar-refractivity contribution >= 4 is 23.3 Å². The Balaban J connectivity index is 1.95. The van der Waals surface area contributed by atoms with Crippen molar-refractivity contribution in [3.05, 3.63) is 65.1 Å². The first-order valence-corrected chi connectivity index (χ1v) is 8.61. The van der Waals surface area contributed by atoms with E-state index in [9.17, 15) is 14.9 Å². The van der Waals surface area contributed by atoms with E-state index in [-0.39, 0.29) is 22.9 Å². The van der Waals surface area contributed by atoms with Crippen LogP contribution in [0.3, 0.4) is 0 Å². The molecule has 2 amide bonds. The van der Waals surface area contributed by atoms with Gasteiger partial charge in [-0.25, -0.2) is 4.99 Å². The molecular formula is C20H18N4O3. The van der Waals surface area contributed by atoms with E-state index < -0.39 is 11.8 Å². The first-order valence-electron chi connectivity index (χ1n) is 8.61. The number of unbranched alkanes of at least 4 members (excludes halogenated alkanes) is 1. The molecule has 2 aromatic rings. The van der Waals surface area contributed by atoms with Crippen molar-refractivity contribution < 1.29 is 14.0 Å². The Bertz CT molecular complexity index is 965. The molecule has 0 unspecified atom stereocenters. The summed E-state index contributed by atoms with van der Waals surface area (Å²) >= 11 is 0. The van der Waals surface area contributed by atoms with Crippen molar-refractivity contribution in [3.8, 4) is 6.07 Å². The number of hydrogen-bond acceptors (Lipinski definition) is 5. The predicted octanol–water partition coefficient (Wildman–Crippen LogP) is 2.62. The minimum absolute atomic E-state index is 0.0826. The number of fused-ring (bicyclic) bond motifs is 1. The van der Waals surface area contributed by atoms with Crippen LogP contribution >= 0.6 is 0 Å². The first-order chi connectivity index (χ1) is 13.2. The van der Waals surface area contributed by atoms with Crippen molar-refractivity contribution in [2.24, 2.45) is 4.99 Å². The number of amidine groups is 1. The lowest BCUT2D eigenvalue weighted by Gasteiger charge is -2.05. The number of amides is 2. The van der Waals surface area contributed by atoms with Crippen LogP contribution in [0.1, 0.15) is 41.4 Å². The van der Waals surface area contributed by atoms with Gasteiger partial charge in [-0.1, -0.05) is 37.6 Å². The molecular weight excluding hydrogens is 344 g/mol. The largest absolute Gasteiger partial charge is 0.459 e. The summed E-state index contributed by atoms with van der Waals surface area (Å²) in [6, 6.07) is 12.2. The third-order valence-electron chi connectivity index (χ3n) is 4.03. The van der Waals surface area contributed by atoms with Gasteiger partial charge in [-0.05, 0) is 18.6 Å². The number of benzene rings is 1. The Labute approximate surface area is 156 Å². The van der Waals surface area contributed by atoms with E-state index in [4.69, 9.17) is 4.42 Å². The monoisotopic (exact) mass is 362 g/mol. The Morgan fingerprint density at radius 1 is 1.19 bits per heavy atom. The molecule has 0 fully saturated rings. The van der Waals surface area contributed by atoms with E-state index in [0.29, 0.717) is 17.7 Å². The van der Waals surface area contributed by atoms with Gasteiger partial charge in [0.15, 0.2) is 5.76 Å². The molecule has 2 heterocycles.